The smallest absolute Gasteiger partial charge is 0.0555 e. The Bertz CT molecular complexity index is 370. The number of benzene rings is 1. The van der Waals surface area contributed by atoms with Crippen LogP contribution in [0.1, 0.15) is 25.0 Å². The molecule has 86 valence electrons. The predicted octanol–water partition coefficient (Wildman–Crippen LogP) is 1.84. The third-order valence-corrected chi connectivity index (χ3v) is 2.63. The summed E-state index contributed by atoms with van der Waals surface area (Å²) in [6.07, 6.45) is 0. The molecule has 0 fully saturated rings. The molecule has 0 aliphatic carbocycles. The van der Waals surface area contributed by atoms with Gasteiger partial charge in [-0.05, 0) is 24.7 Å². The van der Waals surface area contributed by atoms with E-state index in [4.69, 9.17) is 5.73 Å². The zero-order valence-corrected chi connectivity index (χ0v) is 10.2. The van der Waals surface area contributed by atoms with E-state index in [1.807, 2.05) is 6.07 Å². The van der Waals surface area contributed by atoms with Crippen molar-refractivity contribution in [1.82, 2.24) is 4.90 Å². The lowest BCUT2D eigenvalue weighted by Crippen LogP contribution is -2.22. The van der Waals surface area contributed by atoms with Crippen LogP contribution in [0, 0.1) is 11.8 Å². The van der Waals surface area contributed by atoms with Crippen LogP contribution in [0.2, 0.25) is 0 Å². The van der Waals surface area contributed by atoms with Gasteiger partial charge in [0.1, 0.15) is 0 Å². The van der Waals surface area contributed by atoms with Gasteiger partial charge in [-0.25, -0.2) is 0 Å². The molecule has 0 bridgehead atoms. The summed E-state index contributed by atoms with van der Waals surface area (Å²) in [4.78, 5) is 2.38. The third-order valence-electron chi connectivity index (χ3n) is 2.63. The van der Waals surface area contributed by atoms with Crippen LogP contribution in [0.3, 0.4) is 0 Å². The number of rotatable bonds is 4. The number of nitrogens with two attached hydrogens (primary N) is 1. The lowest BCUT2D eigenvalue weighted by atomic mass is 10.1. The zero-order valence-electron chi connectivity index (χ0n) is 10.2. The van der Waals surface area contributed by atoms with E-state index in [0.717, 1.165) is 25.2 Å². The van der Waals surface area contributed by atoms with Crippen molar-refractivity contribution in [2.45, 2.75) is 20.4 Å². The first-order valence-electron chi connectivity index (χ1n) is 5.81. The van der Waals surface area contributed by atoms with Crippen LogP contribution in [0.5, 0.6) is 0 Å². The topological polar surface area (TPSA) is 29.3 Å². The molecule has 1 rings (SSSR count). The highest BCUT2D eigenvalue weighted by molar-refractivity contribution is 5.41. The van der Waals surface area contributed by atoms with Crippen LogP contribution >= 0.6 is 0 Å². The van der Waals surface area contributed by atoms with Gasteiger partial charge >= 0.3 is 0 Å². The van der Waals surface area contributed by atoms with Gasteiger partial charge in [0, 0.05) is 12.1 Å². The Hall–Kier alpha value is -1.30. The molecular formula is C14H20N2. The number of hydrogen-bond donors (Lipinski definition) is 1. The first-order valence-corrected chi connectivity index (χ1v) is 5.81. The molecule has 0 aliphatic rings. The van der Waals surface area contributed by atoms with Crippen LogP contribution in [0.15, 0.2) is 24.3 Å². The average molecular weight is 216 g/mol. The fourth-order valence-corrected chi connectivity index (χ4v) is 1.61. The van der Waals surface area contributed by atoms with Crippen LogP contribution in [0.4, 0.5) is 0 Å². The predicted molar refractivity (Wildman–Crippen MR) is 69.0 cm³/mol. The van der Waals surface area contributed by atoms with E-state index in [2.05, 4.69) is 48.8 Å². The second kappa shape index (κ2) is 7.05. The van der Waals surface area contributed by atoms with Crippen LogP contribution in [-0.4, -0.2) is 24.5 Å². The van der Waals surface area contributed by atoms with Gasteiger partial charge in [-0.1, -0.05) is 43.9 Å². The quantitative estimate of drug-likeness (QED) is 0.778. The number of nitrogens with zero attached hydrogens (tertiary/aromatic N) is 1. The third kappa shape index (κ3) is 3.69. The minimum absolute atomic E-state index is 0.416. The van der Waals surface area contributed by atoms with Gasteiger partial charge in [-0.2, -0.15) is 0 Å². The van der Waals surface area contributed by atoms with Gasteiger partial charge in [-0.15, -0.1) is 0 Å². The Labute approximate surface area is 98.4 Å². The maximum Gasteiger partial charge on any atom is 0.0555 e. The first-order chi connectivity index (χ1) is 7.81. The molecule has 2 heteroatoms. The molecule has 16 heavy (non-hydrogen) atoms. The monoisotopic (exact) mass is 216 g/mol. The Kier molecular flexibility index (Phi) is 5.63. The second-order valence-electron chi connectivity index (χ2n) is 3.62. The Morgan fingerprint density at radius 3 is 2.50 bits per heavy atom. The van der Waals surface area contributed by atoms with Crippen LogP contribution < -0.4 is 5.73 Å². The average Bonchev–Trinajstić information content (AvgIpc) is 2.34. The van der Waals surface area contributed by atoms with E-state index in [1.54, 1.807) is 0 Å². The Balaban J connectivity index is 2.86. The lowest BCUT2D eigenvalue weighted by molar-refractivity contribution is 0.295. The molecule has 0 atom stereocenters. The summed E-state index contributed by atoms with van der Waals surface area (Å²) < 4.78 is 0. The molecule has 0 aliphatic heterocycles. The van der Waals surface area contributed by atoms with Crippen LogP contribution in [-0.2, 0) is 6.54 Å². The molecule has 0 heterocycles. The van der Waals surface area contributed by atoms with Crippen molar-refractivity contribution in [2.75, 3.05) is 19.6 Å². The van der Waals surface area contributed by atoms with Crippen molar-refractivity contribution in [3.05, 3.63) is 35.4 Å². The van der Waals surface area contributed by atoms with E-state index in [0.29, 0.717) is 6.54 Å². The molecule has 0 radical (unpaired) electrons. The summed E-state index contributed by atoms with van der Waals surface area (Å²) in [6, 6.07) is 8.28. The van der Waals surface area contributed by atoms with E-state index in [1.165, 1.54) is 5.56 Å². The highest BCUT2D eigenvalue weighted by atomic mass is 15.1. The Morgan fingerprint density at radius 1 is 1.19 bits per heavy atom. The Morgan fingerprint density at radius 2 is 1.88 bits per heavy atom. The van der Waals surface area contributed by atoms with Gasteiger partial charge in [0.25, 0.3) is 0 Å². The van der Waals surface area contributed by atoms with E-state index in [-0.39, 0.29) is 0 Å². The molecule has 0 saturated heterocycles. The van der Waals surface area contributed by atoms with Gasteiger partial charge < -0.3 is 5.73 Å². The van der Waals surface area contributed by atoms with Crippen molar-refractivity contribution in [1.29, 1.82) is 0 Å². The molecule has 0 unspecified atom stereocenters. The van der Waals surface area contributed by atoms with E-state index < -0.39 is 0 Å². The molecule has 0 amide bonds. The second-order valence-corrected chi connectivity index (χ2v) is 3.62. The summed E-state index contributed by atoms with van der Waals surface area (Å²) in [5, 5.41) is 0. The van der Waals surface area contributed by atoms with Gasteiger partial charge in [0.15, 0.2) is 0 Å². The molecule has 1 aromatic rings. The first kappa shape index (κ1) is 12.8. The molecule has 2 N–H and O–H groups in total. The SMILES string of the molecule is CCN(CC)Cc1ccccc1C#CCN. The highest BCUT2D eigenvalue weighted by Crippen LogP contribution is 2.10. The number of hydrogen-bond acceptors (Lipinski definition) is 2. The summed E-state index contributed by atoms with van der Waals surface area (Å²) in [5.41, 5.74) is 7.78. The van der Waals surface area contributed by atoms with Crippen molar-refractivity contribution in [3.63, 3.8) is 0 Å². The minimum Gasteiger partial charge on any atom is -0.320 e. The van der Waals surface area contributed by atoms with E-state index >= 15 is 0 Å². The minimum atomic E-state index is 0.416. The van der Waals surface area contributed by atoms with Gasteiger partial charge in [-0.3, -0.25) is 4.90 Å². The zero-order chi connectivity index (χ0) is 11.8. The summed E-state index contributed by atoms with van der Waals surface area (Å²) in [7, 11) is 0. The lowest BCUT2D eigenvalue weighted by Gasteiger charge is -2.18. The standard InChI is InChI=1S/C14H20N2/c1-3-16(4-2)12-14-9-6-5-8-13(14)10-7-11-15/h5-6,8-9H,3-4,11-12,15H2,1-2H3. The van der Waals surface area contributed by atoms with Crippen LogP contribution in [0.25, 0.3) is 0 Å². The summed E-state index contributed by atoms with van der Waals surface area (Å²) in [5.74, 6) is 6.04. The maximum atomic E-state index is 5.40. The molecule has 0 spiro atoms. The molecule has 1 aromatic carbocycles. The summed E-state index contributed by atoms with van der Waals surface area (Å²) >= 11 is 0. The van der Waals surface area contributed by atoms with Crippen molar-refractivity contribution >= 4 is 0 Å². The molecule has 0 saturated carbocycles. The molecule has 0 aromatic heterocycles. The fourth-order valence-electron chi connectivity index (χ4n) is 1.61. The molecular weight excluding hydrogens is 196 g/mol. The molecule has 2 nitrogen and oxygen atoms in total. The summed E-state index contributed by atoms with van der Waals surface area (Å²) in [6.45, 7) is 7.86. The van der Waals surface area contributed by atoms with Crippen molar-refractivity contribution in [3.8, 4) is 11.8 Å². The van der Waals surface area contributed by atoms with Crippen molar-refractivity contribution in [2.24, 2.45) is 5.73 Å². The van der Waals surface area contributed by atoms with Gasteiger partial charge in [0.05, 0.1) is 6.54 Å². The van der Waals surface area contributed by atoms with E-state index in [9.17, 15) is 0 Å². The van der Waals surface area contributed by atoms with Crippen molar-refractivity contribution < 1.29 is 0 Å². The fraction of sp³-hybridized carbons (Fsp3) is 0.429. The maximum absolute atomic E-state index is 5.40. The highest BCUT2D eigenvalue weighted by Gasteiger charge is 2.03. The normalized spacial score (nSPS) is 10.0. The van der Waals surface area contributed by atoms with Gasteiger partial charge in [0.2, 0.25) is 0 Å². The largest absolute Gasteiger partial charge is 0.320 e.